The molecule has 0 unspecified atom stereocenters. The minimum Gasteiger partial charge on any atom is -0.497 e. The number of hydrogen-bond acceptors (Lipinski definition) is 8. The third kappa shape index (κ3) is 5.81. The monoisotopic (exact) mass is 570 g/mol. The molecule has 1 atom stereocenters. The Morgan fingerprint density at radius 2 is 1.76 bits per heavy atom. The van der Waals surface area contributed by atoms with Crippen LogP contribution in [0.15, 0.2) is 93.9 Å². The van der Waals surface area contributed by atoms with Gasteiger partial charge in [-0.1, -0.05) is 59.9 Å². The van der Waals surface area contributed by atoms with Gasteiger partial charge in [-0.25, -0.2) is 9.79 Å². The van der Waals surface area contributed by atoms with Gasteiger partial charge in [0.05, 0.1) is 42.7 Å². The van der Waals surface area contributed by atoms with Gasteiger partial charge in [0.25, 0.3) is 5.56 Å². The Bertz CT molecular complexity index is 1770. The van der Waals surface area contributed by atoms with E-state index in [1.165, 1.54) is 11.3 Å². The van der Waals surface area contributed by atoms with E-state index in [0.29, 0.717) is 44.5 Å². The van der Waals surface area contributed by atoms with Crippen molar-refractivity contribution in [3.63, 3.8) is 0 Å². The lowest BCUT2D eigenvalue weighted by Crippen LogP contribution is -2.39. The first-order chi connectivity index (χ1) is 19.9. The van der Waals surface area contributed by atoms with Crippen LogP contribution in [0.1, 0.15) is 36.6 Å². The summed E-state index contributed by atoms with van der Waals surface area (Å²) in [6.45, 7) is 4.13. The highest BCUT2D eigenvalue weighted by Crippen LogP contribution is 2.32. The molecule has 0 spiro atoms. The number of methoxy groups -OCH3 is 2. The van der Waals surface area contributed by atoms with Crippen molar-refractivity contribution in [3.05, 3.63) is 120 Å². The SMILES string of the molecule is CCOC(=O)C1=C(C)N=c2s/c(=C\c3ccc(OCc4ccccc4)c(OC)c3)c(=O)n2[C@@H]1c1ccc(OC)cc1. The zero-order valence-corrected chi connectivity index (χ0v) is 24.1. The summed E-state index contributed by atoms with van der Waals surface area (Å²) in [6.07, 6.45) is 1.79. The van der Waals surface area contributed by atoms with Crippen LogP contribution in [0.3, 0.4) is 0 Å². The normalized spacial score (nSPS) is 14.7. The quantitative estimate of drug-likeness (QED) is 0.277. The number of fused-ring (bicyclic) bond motifs is 1. The molecule has 210 valence electrons. The molecule has 0 saturated carbocycles. The second-order valence-corrected chi connectivity index (χ2v) is 10.3. The van der Waals surface area contributed by atoms with E-state index in [2.05, 4.69) is 4.99 Å². The van der Waals surface area contributed by atoms with E-state index >= 15 is 0 Å². The summed E-state index contributed by atoms with van der Waals surface area (Å²) in [7, 11) is 3.17. The van der Waals surface area contributed by atoms with Gasteiger partial charge in [0.2, 0.25) is 0 Å². The third-order valence-electron chi connectivity index (χ3n) is 6.67. The maximum atomic E-state index is 13.9. The Morgan fingerprint density at radius 1 is 1.00 bits per heavy atom. The topological polar surface area (TPSA) is 88.4 Å². The Hall–Kier alpha value is -4.63. The van der Waals surface area contributed by atoms with Crippen molar-refractivity contribution in [2.24, 2.45) is 4.99 Å². The van der Waals surface area contributed by atoms with Crippen LogP contribution in [-0.4, -0.2) is 31.4 Å². The predicted octanol–water partition coefficient (Wildman–Crippen LogP) is 4.39. The second kappa shape index (κ2) is 12.3. The fourth-order valence-corrected chi connectivity index (χ4v) is 5.72. The lowest BCUT2D eigenvalue weighted by Gasteiger charge is -2.24. The molecule has 41 heavy (non-hydrogen) atoms. The molecule has 0 saturated heterocycles. The first kappa shape index (κ1) is 27.9. The lowest BCUT2D eigenvalue weighted by atomic mass is 9.96. The number of aromatic nitrogens is 1. The number of thiazole rings is 1. The van der Waals surface area contributed by atoms with Crippen LogP contribution in [0.4, 0.5) is 0 Å². The Morgan fingerprint density at radius 3 is 2.44 bits per heavy atom. The number of ether oxygens (including phenoxy) is 4. The highest BCUT2D eigenvalue weighted by Gasteiger charge is 2.33. The van der Waals surface area contributed by atoms with Crippen molar-refractivity contribution < 1.29 is 23.7 Å². The summed E-state index contributed by atoms with van der Waals surface area (Å²) in [5, 5.41) is 0. The lowest BCUT2D eigenvalue weighted by molar-refractivity contribution is -0.139. The molecule has 3 aromatic carbocycles. The number of hydrogen-bond donors (Lipinski definition) is 0. The highest BCUT2D eigenvalue weighted by molar-refractivity contribution is 7.07. The Labute approximate surface area is 241 Å². The molecule has 1 aromatic heterocycles. The molecule has 0 aliphatic carbocycles. The molecular weight excluding hydrogens is 540 g/mol. The summed E-state index contributed by atoms with van der Waals surface area (Å²) in [4.78, 5) is 32.1. The van der Waals surface area contributed by atoms with Crippen LogP contribution in [0.5, 0.6) is 17.2 Å². The maximum absolute atomic E-state index is 13.9. The zero-order chi connectivity index (χ0) is 28.9. The van der Waals surface area contributed by atoms with Crippen molar-refractivity contribution >= 4 is 23.4 Å². The Balaban J connectivity index is 1.55. The van der Waals surface area contributed by atoms with Gasteiger partial charge in [-0.2, -0.15) is 0 Å². The minimum absolute atomic E-state index is 0.211. The summed E-state index contributed by atoms with van der Waals surface area (Å²) in [5.74, 6) is 1.33. The zero-order valence-electron chi connectivity index (χ0n) is 23.2. The Kier molecular flexibility index (Phi) is 8.35. The molecule has 1 aliphatic heterocycles. The van der Waals surface area contributed by atoms with Crippen molar-refractivity contribution in [2.75, 3.05) is 20.8 Å². The molecule has 0 radical (unpaired) electrons. The summed E-state index contributed by atoms with van der Waals surface area (Å²) < 4.78 is 24.3. The molecule has 8 nitrogen and oxygen atoms in total. The first-order valence-electron chi connectivity index (χ1n) is 13.1. The van der Waals surface area contributed by atoms with E-state index in [1.54, 1.807) is 50.8 Å². The van der Waals surface area contributed by atoms with Crippen LogP contribution < -0.4 is 29.1 Å². The van der Waals surface area contributed by atoms with E-state index in [0.717, 1.165) is 16.7 Å². The van der Waals surface area contributed by atoms with Gasteiger partial charge < -0.3 is 18.9 Å². The van der Waals surface area contributed by atoms with Crippen molar-refractivity contribution in [2.45, 2.75) is 26.5 Å². The van der Waals surface area contributed by atoms with Crippen molar-refractivity contribution in [1.29, 1.82) is 0 Å². The molecule has 2 heterocycles. The van der Waals surface area contributed by atoms with E-state index in [1.807, 2.05) is 60.7 Å². The largest absolute Gasteiger partial charge is 0.497 e. The average molecular weight is 571 g/mol. The molecule has 0 N–H and O–H groups in total. The maximum Gasteiger partial charge on any atom is 0.338 e. The molecule has 1 aliphatic rings. The smallest absolute Gasteiger partial charge is 0.338 e. The van der Waals surface area contributed by atoms with Gasteiger partial charge in [-0.05, 0) is 60.9 Å². The van der Waals surface area contributed by atoms with Gasteiger partial charge in [-0.15, -0.1) is 0 Å². The molecule has 0 amide bonds. The van der Waals surface area contributed by atoms with Gasteiger partial charge in [0, 0.05) is 0 Å². The van der Waals surface area contributed by atoms with Crippen LogP contribution in [0, 0.1) is 0 Å². The second-order valence-electron chi connectivity index (χ2n) is 9.26. The predicted molar refractivity (Wildman–Crippen MR) is 157 cm³/mol. The summed E-state index contributed by atoms with van der Waals surface area (Å²) in [6, 6.07) is 22.0. The molecule has 0 fully saturated rings. The molecule has 9 heteroatoms. The molecule has 4 aromatic rings. The fraction of sp³-hybridized carbons (Fsp3) is 0.219. The van der Waals surface area contributed by atoms with E-state index in [9.17, 15) is 9.59 Å². The number of benzene rings is 3. The van der Waals surface area contributed by atoms with Crippen molar-refractivity contribution in [3.8, 4) is 17.2 Å². The van der Waals surface area contributed by atoms with Gasteiger partial charge >= 0.3 is 5.97 Å². The number of rotatable bonds is 9. The number of carbonyl (C=O) groups is 1. The number of carbonyl (C=O) groups excluding carboxylic acids is 1. The van der Waals surface area contributed by atoms with Crippen LogP contribution in [-0.2, 0) is 16.1 Å². The van der Waals surface area contributed by atoms with Gasteiger partial charge in [0.15, 0.2) is 16.3 Å². The summed E-state index contributed by atoms with van der Waals surface area (Å²) in [5.41, 5.74) is 3.14. The van der Waals surface area contributed by atoms with Crippen LogP contribution in [0.25, 0.3) is 6.08 Å². The van der Waals surface area contributed by atoms with E-state index in [-0.39, 0.29) is 12.2 Å². The number of nitrogens with zero attached hydrogens (tertiary/aromatic N) is 2. The van der Waals surface area contributed by atoms with Gasteiger partial charge in [0.1, 0.15) is 12.4 Å². The van der Waals surface area contributed by atoms with Crippen LogP contribution in [0.2, 0.25) is 0 Å². The van der Waals surface area contributed by atoms with Crippen LogP contribution >= 0.6 is 11.3 Å². The fourth-order valence-electron chi connectivity index (χ4n) is 4.67. The summed E-state index contributed by atoms with van der Waals surface area (Å²) >= 11 is 1.26. The van der Waals surface area contributed by atoms with Crippen molar-refractivity contribution in [1.82, 2.24) is 4.57 Å². The molecule has 0 bridgehead atoms. The standard InChI is InChI=1S/C32H30N2O6S/c1-5-39-31(36)28-20(2)33-32-34(29(28)23-12-14-24(37-3)15-13-23)30(35)27(41-32)18-22-11-16-25(26(17-22)38-4)40-19-21-9-7-6-8-10-21/h6-18,29H,5,19H2,1-4H3/b27-18-/t29-/m1/s1. The first-order valence-corrected chi connectivity index (χ1v) is 13.9. The number of esters is 1. The minimum atomic E-state index is -0.693. The average Bonchev–Trinajstić information content (AvgIpc) is 3.30. The molecular formula is C32H30N2O6S. The number of allylic oxidation sites excluding steroid dienone is 1. The van der Waals surface area contributed by atoms with E-state index < -0.39 is 12.0 Å². The van der Waals surface area contributed by atoms with Gasteiger partial charge in [-0.3, -0.25) is 9.36 Å². The molecule has 5 rings (SSSR count). The van der Waals surface area contributed by atoms with E-state index in [4.69, 9.17) is 18.9 Å². The highest BCUT2D eigenvalue weighted by atomic mass is 32.1. The third-order valence-corrected chi connectivity index (χ3v) is 7.65.